The fraction of sp³-hybridized carbons (Fsp3) is 0.778. The molecule has 3 unspecified atom stereocenters. The van der Waals surface area contributed by atoms with Crippen LogP contribution in [0.3, 0.4) is 0 Å². The molecule has 0 heterocycles. The first-order valence-electron chi connectivity index (χ1n) is 25.6. The van der Waals surface area contributed by atoms with Crippen molar-refractivity contribution in [1.29, 1.82) is 0 Å². The van der Waals surface area contributed by atoms with Gasteiger partial charge in [-0.25, -0.2) is 0 Å². The van der Waals surface area contributed by atoms with E-state index in [2.05, 4.69) is 50.4 Å². The summed E-state index contributed by atoms with van der Waals surface area (Å²) >= 11 is 0. The van der Waals surface area contributed by atoms with Gasteiger partial charge in [0.1, 0.15) is 6.10 Å². The molecule has 0 aliphatic carbocycles. The third-order valence-corrected chi connectivity index (χ3v) is 11.4. The van der Waals surface area contributed by atoms with E-state index >= 15 is 0 Å². The lowest BCUT2D eigenvalue weighted by molar-refractivity contribution is -0.151. The third-order valence-electron chi connectivity index (χ3n) is 11.4. The molecule has 0 fully saturated rings. The molecule has 3 atom stereocenters. The number of carbonyl (C=O) groups is 2. The van der Waals surface area contributed by atoms with Crippen molar-refractivity contribution < 1.29 is 24.5 Å². The summed E-state index contributed by atoms with van der Waals surface area (Å²) in [6, 6.07) is -0.722. The zero-order valence-corrected chi connectivity index (χ0v) is 39.6. The molecule has 0 aromatic rings. The topological polar surface area (TPSA) is 95.9 Å². The van der Waals surface area contributed by atoms with Crippen LogP contribution in [-0.4, -0.2) is 46.9 Å². The van der Waals surface area contributed by atoms with Gasteiger partial charge in [-0.2, -0.15) is 0 Å². The summed E-state index contributed by atoms with van der Waals surface area (Å²) in [5.74, 6) is -0.543. The number of allylic oxidation sites excluding steroid dienone is 10. The second-order valence-electron chi connectivity index (χ2n) is 17.3. The first-order chi connectivity index (χ1) is 29.5. The average Bonchev–Trinajstić information content (AvgIpc) is 3.24. The highest BCUT2D eigenvalue weighted by atomic mass is 16.5. The Balaban J connectivity index is 4.54. The third kappa shape index (κ3) is 42.3. The van der Waals surface area contributed by atoms with Crippen LogP contribution in [0.5, 0.6) is 0 Å². The van der Waals surface area contributed by atoms with Crippen molar-refractivity contribution in [3.8, 4) is 0 Å². The molecule has 60 heavy (non-hydrogen) atoms. The molecule has 6 nitrogen and oxygen atoms in total. The van der Waals surface area contributed by atoms with E-state index in [0.717, 1.165) is 57.8 Å². The van der Waals surface area contributed by atoms with Crippen molar-refractivity contribution in [3.63, 3.8) is 0 Å². The molecule has 0 radical (unpaired) electrons. The SMILES string of the molecule is CC/C=C/C=C/C=C\C=C/CCCC(CC(=O)NC(CO)C(O)CCCCCCCCCCCCC)OC(=O)CCCCCCCCCCC/C=C/CCCCCCCC. The number of aliphatic hydroxyl groups excluding tert-OH is 2. The van der Waals surface area contributed by atoms with E-state index < -0.39 is 18.2 Å². The lowest BCUT2D eigenvalue weighted by Crippen LogP contribution is -2.46. The molecule has 348 valence electrons. The van der Waals surface area contributed by atoms with Crippen LogP contribution in [0.4, 0.5) is 0 Å². The van der Waals surface area contributed by atoms with E-state index in [-0.39, 0.29) is 24.9 Å². The summed E-state index contributed by atoms with van der Waals surface area (Å²) in [6.07, 6.45) is 58.7. The second-order valence-corrected chi connectivity index (χ2v) is 17.3. The Morgan fingerprint density at radius 3 is 1.43 bits per heavy atom. The van der Waals surface area contributed by atoms with Crippen molar-refractivity contribution in [2.75, 3.05) is 6.61 Å². The van der Waals surface area contributed by atoms with Gasteiger partial charge >= 0.3 is 5.97 Å². The molecule has 0 saturated heterocycles. The van der Waals surface area contributed by atoms with Crippen LogP contribution in [0.15, 0.2) is 60.8 Å². The molecule has 0 spiro atoms. The van der Waals surface area contributed by atoms with Crippen LogP contribution in [0.2, 0.25) is 0 Å². The van der Waals surface area contributed by atoms with Crippen molar-refractivity contribution in [2.45, 2.75) is 264 Å². The van der Waals surface area contributed by atoms with E-state index in [4.69, 9.17) is 4.74 Å². The average molecular weight is 840 g/mol. The highest BCUT2D eigenvalue weighted by molar-refractivity contribution is 5.77. The van der Waals surface area contributed by atoms with Gasteiger partial charge in [0.25, 0.3) is 0 Å². The first kappa shape index (κ1) is 57.6. The second kappa shape index (κ2) is 47.6. The molecule has 0 bridgehead atoms. The molecule has 0 rings (SSSR count). The van der Waals surface area contributed by atoms with Crippen molar-refractivity contribution in [1.82, 2.24) is 5.32 Å². The van der Waals surface area contributed by atoms with Gasteiger partial charge in [0.2, 0.25) is 5.91 Å². The molecule has 0 aromatic heterocycles. The summed E-state index contributed by atoms with van der Waals surface area (Å²) in [7, 11) is 0. The molecule has 0 aromatic carbocycles. The minimum Gasteiger partial charge on any atom is -0.462 e. The number of nitrogens with one attached hydrogen (secondary N) is 1. The van der Waals surface area contributed by atoms with Gasteiger partial charge in [-0.05, 0) is 64.2 Å². The first-order valence-corrected chi connectivity index (χ1v) is 25.6. The van der Waals surface area contributed by atoms with Crippen molar-refractivity contribution in [2.24, 2.45) is 0 Å². The fourth-order valence-electron chi connectivity index (χ4n) is 7.56. The van der Waals surface area contributed by atoms with Crippen LogP contribution in [0, 0.1) is 0 Å². The zero-order valence-electron chi connectivity index (χ0n) is 39.6. The van der Waals surface area contributed by atoms with E-state index in [1.807, 2.05) is 36.5 Å². The minimum atomic E-state index is -0.805. The number of aliphatic hydroxyl groups is 2. The summed E-state index contributed by atoms with van der Waals surface area (Å²) in [5, 5.41) is 23.7. The molecule has 0 saturated carbocycles. The maximum atomic E-state index is 13.1. The smallest absolute Gasteiger partial charge is 0.306 e. The number of carbonyl (C=O) groups excluding carboxylic acids is 2. The Bertz CT molecular complexity index is 1080. The molecule has 6 heteroatoms. The van der Waals surface area contributed by atoms with E-state index in [1.54, 1.807) is 0 Å². The van der Waals surface area contributed by atoms with Crippen LogP contribution in [-0.2, 0) is 14.3 Å². The number of amides is 1. The monoisotopic (exact) mass is 840 g/mol. The normalized spacial score (nSPS) is 13.8. The fourth-order valence-corrected chi connectivity index (χ4v) is 7.56. The Labute approximate surface area is 371 Å². The number of hydrogen-bond donors (Lipinski definition) is 3. The molecule has 0 aliphatic heterocycles. The Morgan fingerprint density at radius 2 is 0.933 bits per heavy atom. The number of rotatable bonds is 45. The number of hydrogen-bond acceptors (Lipinski definition) is 5. The van der Waals surface area contributed by atoms with Gasteiger partial charge in [0.15, 0.2) is 0 Å². The number of esters is 1. The van der Waals surface area contributed by atoms with Gasteiger partial charge in [-0.1, -0.05) is 229 Å². The van der Waals surface area contributed by atoms with Gasteiger partial charge in [-0.3, -0.25) is 9.59 Å². The van der Waals surface area contributed by atoms with E-state index in [9.17, 15) is 19.8 Å². The minimum absolute atomic E-state index is 0.0303. The Morgan fingerprint density at radius 1 is 0.500 bits per heavy atom. The Hall–Kier alpha value is -2.44. The van der Waals surface area contributed by atoms with Crippen molar-refractivity contribution >= 4 is 11.9 Å². The molecular formula is C54H97NO5. The lowest BCUT2D eigenvalue weighted by atomic mass is 10.0. The molecule has 3 N–H and O–H groups in total. The predicted molar refractivity (Wildman–Crippen MR) is 259 cm³/mol. The molecular weight excluding hydrogens is 743 g/mol. The quantitative estimate of drug-likeness (QED) is 0.0246. The van der Waals surface area contributed by atoms with Crippen LogP contribution < -0.4 is 5.32 Å². The van der Waals surface area contributed by atoms with Crippen LogP contribution in [0.1, 0.15) is 245 Å². The highest BCUT2D eigenvalue weighted by Crippen LogP contribution is 2.17. The van der Waals surface area contributed by atoms with E-state index in [0.29, 0.717) is 19.3 Å². The molecule has 1 amide bonds. The maximum absolute atomic E-state index is 13.1. The summed E-state index contributed by atoms with van der Waals surface area (Å²) in [5.41, 5.74) is 0. The standard InChI is InChI=1S/C54H97NO5/c1-4-7-10-13-16-19-22-23-24-25-26-27-28-29-32-35-38-41-44-47-54(59)60-50(45-42-39-36-33-30-20-17-14-11-8-5-2)48-53(58)55-51(49-56)52(57)46-43-40-37-34-31-21-18-15-12-9-6-3/h8,11,14,17,20,23-24,30,33,36,50-52,56-57H,4-7,9-10,12-13,15-16,18-19,21-22,25-29,31-32,34-35,37-49H2,1-3H3,(H,55,58)/b11-8+,17-14+,24-23+,30-20-,36-33-. The van der Waals surface area contributed by atoms with Gasteiger partial charge in [0, 0.05) is 6.42 Å². The van der Waals surface area contributed by atoms with Gasteiger partial charge < -0.3 is 20.3 Å². The molecule has 0 aliphatic rings. The van der Waals surface area contributed by atoms with Gasteiger partial charge in [-0.15, -0.1) is 0 Å². The van der Waals surface area contributed by atoms with Crippen LogP contribution >= 0.6 is 0 Å². The predicted octanol–water partition coefficient (Wildman–Crippen LogP) is 15.2. The van der Waals surface area contributed by atoms with Gasteiger partial charge in [0.05, 0.1) is 25.2 Å². The van der Waals surface area contributed by atoms with E-state index in [1.165, 1.54) is 141 Å². The maximum Gasteiger partial charge on any atom is 0.306 e. The highest BCUT2D eigenvalue weighted by Gasteiger charge is 2.24. The summed E-state index contributed by atoms with van der Waals surface area (Å²) in [6.45, 7) is 6.31. The number of ether oxygens (including phenoxy) is 1. The van der Waals surface area contributed by atoms with Crippen molar-refractivity contribution in [3.05, 3.63) is 60.8 Å². The lowest BCUT2D eigenvalue weighted by Gasteiger charge is -2.24. The Kier molecular flexibility index (Phi) is 45.7. The number of unbranched alkanes of at least 4 members (excludes halogenated alkanes) is 26. The summed E-state index contributed by atoms with van der Waals surface area (Å²) in [4.78, 5) is 26.1. The summed E-state index contributed by atoms with van der Waals surface area (Å²) < 4.78 is 5.89. The van der Waals surface area contributed by atoms with Crippen LogP contribution in [0.25, 0.3) is 0 Å². The largest absolute Gasteiger partial charge is 0.462 e. The zero-order chi connectivity index (χ0) is 43.8.